The van der Waals surface area contributed by atoms with Gasteiger partial charge in [0, 0.05) is 30.2 Å². The largest absolute Gasteiger partial charge is 0.493 e. The summed E-state index contributed by atoms with van der Waals surface area (Å²) in [5.74, 6) is 1.49. The smallest absolute Gasteiger partial charge is 0.255 e. The van der Waals surface area contributed by atoms with Gasteiger partial charge in [0.05, 0.1) is 7.11 Å². The van der Waals surface area contributed by atoms with Crippen LogP contribution in [0.25, 0.3) is 11.3 Å². The highest BCUT2D eigenvalue weighted by Gasteiger charge is 2.11. The number of amides is 2. The molecule has 3 rings (SSSR count). The molecule has 0 saturated heterocycles. The first-order chi connectivity index (χ1) is 14.0. The van der Waals surface area contributed by atoms with Crippen molar-refractivity contribution in [2.45, 2.75) is 12.8 Å². The third-order valence-electron chi connectivity index (χ3n) is 4.14. The summed E-state index contributed by atoms with van der Waals surface area (Å²) in [7, 11) is 1.48. The van der Waals surface area contributed by atoms with E-state index in [1.54, 1.807) is 18.2 Å². The molecule has 3 aromatic rings. The maximum atomic E-state index is 12.3. The van der Waals surface area contributed by atoms with Gasteiger partial charge in [0.1, 0.15) is 11.5 Å². The number of aryl methyl sites for hydroxylation is 1. The van der Waals surface area contributed by atoms with Crippen LogP contribution in [-0.4, -0.2) is 25.5 Å². The van der Waals surface area contributed by atoms with E-state index in [4.69, 9.17) is 19.6 Å². The van der Waals surface area contributed by atoms with Crippen LogP contribution >= 0.6 is 0 Å². The first kappa shape index (κ1) is 20.0. The highest BCUT2D eigenvalue weighted by molar-refractivity contribution is 5.91. The van der Waals surface area contributed by atoms with Crippen LogP contribution in [0.1, 0.15) is 12.2 Å². The number of hydrogen-bond donors (Lipinski definition) is 2. The zero-order valence-electron chi connectivity index (χ0n) is 16.0. The molecule has 0 radical (unpaired) electrons. The van der Waals surface area contributed by atoms with Crippen LogP contribution in [0.2, 0.25) is 0 Å². The SMILES string of the molecule is COc1ccc(NC(=O)CCc2ccc(-c3ccccc3)o2)cc1OCC(N)=O. The second-order valence-corrected chi connectivity index (χ2v) is 6.30. The van der Waals surface area contributed by atoms with Gasteiger partial charge in [0.25, 0.3) is 5.91 Å². The molecule has 0 saturated carbocycles. The van der Waals surface area contributed by atoms with Crippen molar-refractivity contribution in [1.29, 1.82) is 0 Å². The first-order valence-electron chi connectivity index (χ1n) is 9.08. The van der Waals surface area contributed by atoms with Crippen molar-refractivity contribution in [1.82, 2.24) is 0 Å². The summed E-state index contributed by atoms with van der Waals surface area (Å²) in [6.07, 6.45) is 0.727. The number of rotatable bonds is 9. The van der Waals surface area contributed by atoms with Crippen molar-refractivity contribution in [3.63, 3.8) is 0 Å². The lowest BCUT2D eigenvalue weighted by molar-refractivity contribution is -0.120. The molecule has 0 aliphatic rings. The lowest BCUT2D eigenvalue weighted by Gasteiger charge is -2.12. The predicted molar refractivity (Wildman–Crippen MR) is 109 cm³/mol. The number of methoxy groups -OCH3 is 1. The number of carbonyl (C=O) groups excluding carboxylic acids is 2. The van der Waals surface area contributed by atoms with Crippen LogP contribution < -0.4 is 20.5 Å². The van der Waals surface area contributed by atoms with Gasteiger partial charge in [-0.2, -0.15) is 0 Å². The molecule has 7 nitrogen and oxygen atoms in total. The fourth-order valence-corrected chi connectivity index (χ4v) is 2.75. The topological polar surface area (TPSA) is 104 Å². The molecule has 0 atom stereocenters. The molecule has 0 bridgehead atoms. The number of nitrogens with two attached hydrogens (primary N) is 1. The van der Waals surface area contributed by atoms with Gasteiger partial charge in [-0.15, -0.1) is 0 Å². The summed E-state index contributed by atoms with van der Waals surface area (Å²) in [6.45, 7) is -0.282. The molecule has 7 heteroatoms. The normalized spacial score (nSPS) is 10.4. The van der Waals surface area contributed by atoms with Crippen LogP contribution in [0, 0.1) is 0 Å². The van der Waals surface area contributed by atoms with E-state index in [1.807, 2.05) is 42.5 Å². The number of benzene rings is 2. The van der Waals surface area contributed by atoms with Gasteiger partial charge in [0.15, 0.2) is 18.1 Å². The van der Waals surface area contributed by atoms with Crippen LogP contribution in [0.5, 0.6) is 11.5 Å². The van der Waals surface area contributed by atoms with Crippen molar-refractivity contribution >= 4 is 17.5 Å². The van der Waals surface area contributed by atoms with Crippen LogP contribution in [0.15, 0.2) is 65.1 Å². The Morgan fingerprint density at radius 2 is 1.83 bits per heavy atom. The number of anilines is 1. The standard InChI is InChI=1S/C22H22N2O5/c1-27-19-10-7-16(13-20(19)28-14-21(23)25)24-22(26)12-9-17-8-11-18(29-17)15-5-3-2-4-6-15/h2-8,10-11,13H,9,12,14H2,1H3,(H2,23,25)(H,24,26). The number of carbonyl (C=O) groups is 2. The van der Waals surface area contributed by atoms with Gasteiger partial charge < -0.3 is 24.9 Å². The number of furan rings is 1. The third-order valence-corrected chi connectivity index (χ3v) is 4.14. The molecule has 0 fully saturated rings. The van der Waals surface area contributed by atoms with Gasteiger partial charge in [-0.1, -0.05) is 30.3 Å². The van der Waals surface area contributed by atoms with E-state index in [1.165, 1.54) is 7.11 Å². The average Bonchev–Trinajstić information content (AvgIpc) is 3.20. The zero-order chi connectivity index (χ0) is 20.6. The van der Waals surface area contributed by atoms with Crippen molar-refractivity contribution in [2.75, 3.05) is 19.0 Å². The molecular weight excluding hydrogens is 372 g/mol. The van der Waals surface area contributed by atoms with E-state index in [0.717, 1.165) is 17.1 Å². The minimum Gasteiger partial charge on any atom is -0.493 e. The summed E-state index contributed by atoms with van der Waals surface area (Å²) < 4.78 is 16.3. The monoisotopic (exact) mass is 394 g/mol. The Labute approximate surface area is 168 Å². The molecule has 3 N–H and O–H groups in total. The molecule has 1 aromatic heterocycles. The second kappa shape index (κ2) is 9.45. The van der Waals surface area contributed by atoms with Gasteiger partial charge in [-0.3, -0.25) is 9.59 Å². The van der Waals surface area contributed by atoms with Gasteiger partial charge in [-0.25, -0.2) is 0 Å². The maximum absolute atomic E-state index is 12.3. The summed E-state index contributed by atoms with van der Waals surface area (Å²) in [5, 5.41) is 2.80. The highest BCUT2D eigenvalue weighted by Crippen LogP contribution is 2.30. The Morgan fingerprint density at radius 3 is 2.55 bits per heavy atom. The van der Waals surface area contributed by atoms with Crippen molar-refractivity contribution in [3.05, 3.63) is 66.4 Å². The Kier molecular flexibility index (Phi) is 6.52. The van der Waals surface area contributed by atoms with Crippen molar-refractivity contribution in [2.24, 2.45) is 5.73 Å². The van der Waals surface area contributed by atoms with Crippen molar-refractivity contribution < 1.29 is 23.5 Å². The van der Waals surface area contributed by atoms with Gasteiger partial charge in [0.2, 0.25) is 5.91 Å². The van der Waals surface area contributed by atoms with Crippen LogP contribution in [-0.2, 0) is 16.0 Å². The molecule has 0 aliphatic carbocycles. The number of ether oxygens (including phenoxy) is 2. The fraction of sp³-hybridized carbons (Fsp3) is 0.182. The van der Waals surface area contributed by atoms with E-state index < -0.39 is 5.91 Å². The number of nitrogens with one attached hydrogen (secondary N) is 1. The molecule has 2 amide bonds. The molecule has 29 heavy (non-hydrogen) atoms. The van der Waals surface area contributed by atoms with E-state index in [0.29, 0.717) is 23.6 Å². The Hall–Kier alpha value is -3.74. The highest BCUT2D eigenvalue weighted by atomic mass is 16.5. The van der Waals surface area contributed by atoms with E-state index in [2.05, 4.69) is 5.32 Å². The summed E-state index contributed by atoms with van der Waals surface area (Å²) >= 11 is 0. The van der Waals surface area contributed by atoms with Gasteiger partial charge in [-0.05, 0) is 24.3 Å². The van der Waals surface area contributed by atoms with E-state index >= 15 is 0 Å². The quantitative estimate of drug-likeness (QED) is 0.579. The summed E-state index contributed by atoms with van der Waals surface area (Å²) in [4.78, 5) is 23.2. The lowest BCUT2D eigenvalue weighted by atomic mass is 10.2. The fourth-order valence-electron chi connectivity index (χ4n) is 2.75. The van der Waals surface area contributed by atoms with Crippen LogP contribution in [0.4, 0.5) is 5.69 Å². The molecule has 0 spiro atoms. The van der Waals surface area contributed by atoms with E-state index in [-0.39, 0.29) is 18.9 Å². The molecule has 1 heterocycles. The zero-order valence-corrected chi connectivity index (χ0v) is 16.0. The molecule has 0 unspecified atom stereocenters. The molecular formula is C22H22N2O5. The molecule has 0 aliphatic heterocycles. The van der Waals surface area contributed by atoms with Crippen molar-refractivity contribution in [3.8, 4) is 22.8 Å². The second-order valence-electron chi connectivity index (χ2n) is 6.30. The summed E-state index contributed by atoms with van der Waals surface area (Å²) in [5.41, 5.74) is 6.62. The van der Waals surface area contributed by atoms with Gasteiger partial charge >= 0.3 is 0 Å². The predicted octanol–water partition coefficient (Wildman–Crippen LogP) is 3.39. The lowest BCUT2D eigenvalue weighted by Crippen LogP contribution is -2.20. The maximum Gasteiger partial charge on any atom is 0.255 e. The third kappa shape index (κ3) is 5.62. The number of hydrogen-bond acceptors (Lipinski definition) is 5. The Bertz CT molecular complexity index is 982. The molecule has 2 aromatic carbocycles. The van der Waals surface area contributed by atoms with Crippen LogP contribution in [0.3, 0.4) is 0 Å². The Morgan fingerprint density at radius 1 is 1.03 bits per heavy atom. The first-order valence-corrected chi connectivity index (χ1v) is 9.08. The molecule has 150 valence electrons. The number of primary amides is 1. The Balaban J connectivity index is 1.57. The van der Waals surface area contributed by atoms with E-state index in [9.17, 15) is 9.59 Å². The minimum atomic E-state index is -0.602. The average molecular weight is 394 g/mol. The minimum absolute atomic E-state index is 0.173. The summed E-state index contributed by atoms with van der Waals surface area (Å²) in [6, 6.07) is 18.5.